The third-order valence-electron chi connectivity index (χ3n) is 7.08. The molecule has 2 aromatic carbocycles. The van der Waals surface area contributed by atoms with Crippen molar-refractivity contribution in [3.05, 3.63) is 88.0 Å². The predicted octanol–water partition coefficient (Wildman–Crippen LogP) is 3.38. The Hall–Kier alpha value is -4.24. The SMILES string of the molecule is Cc1[nH]c(/C=C2\C(=O)Nc3ccc(F)cc32)c(C)c1C(=O)N[C@H]1CCN(C(=O)CNCc2ccccc2)C1. The van der Waals surface area contributed by atoms with Crippen molar-refractivity contribution < 1.29 is 18.8 Å². The zero-order valence-corrected chi connectivity index (χ0v) is 21.4. The first kappa shape index (κ1) is 25.4. The first-order chi connectivity index (χ1) is 18.3. The number of carbonyl (C=O) groups is 3. The fourth-order valence-electron chi connectivity index (χ4n) is 5.09. The average molecular weight is 516 g/mol. The topological polar surface area (TPSA) is 106 Å². The molecule has 0 saturated carbocycles. The molecule has 2 aliphatic rings. The highest BCUT2D eigenvalue weighted by atomic mass is 19.1. The van der Waals surface area contributed by atoms with E-state index < -0.39 is 5.82 Å². The van der Waals surface area contributed by atoms with Crippen LogP contribution in [0.3, 0.4) is 0 Å². The highest BCUT2D eigenvalue weighted by Gasteiger charge is 2.29. The molecule has 0 aliphatic carbocycles. The maximum atomic E-state index is 13.8. The van der Waals surface area contributed by atoms with Gasteiger partial charge in [-0.2, -0.15) is 0 Å². The molecule has 196 valence electrons. The second-order valence-corrected chi connectivity index (χ2v) is 9.75. The number of benzene rings is 2. The molecule has 1 fully saturated rings. The number of nitrogens with one attached hydrogen (secondary N) is 4. The largest absolute Gasteiger partial charge is 0.358 e. The Morgan fingerprint density at radius 2 is 1.95 bits per heavy atom. The second kappa shape index (κ2) is 10.6. The monoisotopic (exact) mass is 515 g/mol. The van der Waals surface area contributed by atoms with Crippen molar-refractivity contribution in [1.29, 1.82) is 0 Å². The molecule has 0 unspecified atom stereocenters. The van der Waals surface area contributed by atoms with Crippen LogP contribution >= 0.6 is 0 Å². The van der Waals surface area contributed by atoms with Gasteiger partial charge in [-0.05, 0) is 55.7 Å². The number of halogens is 1. The van der Waals surface area contributed by atoms with Crippen molar-refractivity contribution in [1.82, 2.24) is 20.5 Å². The van der Waals surface area contributed by atoms with Crippen molar-refractivity contribution in [2.45, 2.75) is 32.9 Å². The first-order valence-electron chi connectivity index (χ1n) is 12.7. The third kappa shape index (κ3) is 5.24. The molecule has 0 bridgehead atoms. The van der Waals surface area contributed by atoms with Gasteiger partial charge in [0.1, 0.15) is 5.82 Å². The van der Waals surface area contributed by atoms with Crippen LogP contribution < -0.4 is 16.0 Å². The number of nitrogens with zero attached hydrogens (tertiary/aromatic N) is 1. The van der Waals surface area contributed by atoms with Crippen molar-refractivity contribution in [2.75, 3.05) is 25.0 Å². The number of aromatic nitrogens is 1. The number of likely N-dealkylation sites (tertiary alicyclic amines) is 1. The number of amides is 3. The quantitative estimate of drug-likeness (QED) is 0.362. The van der Waals surface area contributed by atoms with Crippen LogP contribution in [0.2, 0.25) is 0 Å². The molecule has 1 aromatic heterocycles. The van der Waals surface area contributed by atoms with Crippen LogP contribution in [0, 0.1) is 19.7 Å². The second-order valence-electron chi connectivity index (χ2n) is 9.75. The summed E-state index contributed by atoms with van der Waals surface area (Å²) in [5.74, 6) is -0.976. The van der Waals surface area contributed by atoms with Gasteiger partial charge in [0.15, 0.2) is 0 Å². The van der Waals surface area contributed by atoms with Gasteiger partial charge in [0.2, 0.25) is 5.91 Å². The number of carbonyl (C=O) groups excluding carboxylic acids is 3. The summed E-state index contributed by atoms with van der Waals surface area (Å²) in [5, 5.41) is 8.98. The molecule has 9 heteroatoms. The zero-order valence-electron chi connectivity index (χ0n) is 21.4. The van der Waals surface area contributed by atoms with Crippen LogP contribution in [-0.2, 0) is 16.1 Å². The molecule has 8 nitrogen and oxygen atoms in total. The number of hydrogen-bond acceptors (Lipinski definition) is 4. The summed E-state index contributed by atoms with van der Waals surface area (Å²) in [6.07, 6.45) is 2.33. The molecule has 3 amide bonds. The first-order valence-corrected chi connectivity index (χ1v) is 12.7. The lowest BCUT2D eigenvalue weighted by Gasteiger charge is -2.18. The van der Waals surface area contributed by atoms with Gasteiger partial charge in [0, 0.05) is 48.3 Å². The van der Waals surface area contributed by atoms with Gasteiger partial charge in [-0.3, -0.25) is 14.4 Å². The summed E-state index contributed by atoms with van der Waals surface area (Å²) in [6, 6.07) is 13.9. The van der Waals surface area contributed by atoms with Gasteiger partial charge in [0.05, 0.1) is 17.7 Å². The zero-order chi connectivity index (χ0) is 26.8. The summed E-state index contributed by atoms with van der Waals surface area (Å²) in [6.45, 7) is 5.52. The van der Waals surface area contributed by atoms with Gasteiger partial charge in [0.25, 0.3) is 11.8 Å². The van der Waals surface area contributed by atoms with Crippen molar-refractivity contribution >= 4 is 35.1 Å². The Bertz CT molecular complexity index is 1430. The lowest BCUT2D eigenvalue weighted by molar-refractivity contribution is -0.129. The summed E-state index contributed by atoms with van der Waals surface area (Å²) < 4.78 is 13.8. The summed E-state index contributed by atoms with van der Waals surface area (Å²) >= 11 is 0. The van der Waals surface area contributed by atoms with Crippen molar-refractivity contribution in [3.63, 3.8) is 0 Å². The van der Waals surface area contributed by atoms with E-state index in [0.29, 0.717) is 65.4 Å². The number of aromatic amines is 1. The van der Waals surface area contributed by atoms with Gasteiger partial charge in [-0.15, -0.1) is 0 Å². The van der Waals surface area contributed by atoms with Crippen molar-refractivity contribution in [2.24, 2.45) is 0 Å². The normalized spacial score (nSPS) is 17.6. The molecule has 2 aliphatic heterocycles. The van der Waals surface area contributed by atoms with Gasteiger partial charge >= 0.3 is 0 Å². The maximum Gasteiger partial charge on any atom is 0.256 e. The molecule has 4 N–H and O–H groups in total. The van der Waals surface area contributed by atoms with Crippen molar-refractivity contribution in [3.8, 4) is 0 Å². The molecule has 1 atom stereocenters. The van der Waals surface area contributed by atoms with Gasteiger partial charge in [-0.1, -0.05) is 30.3 Å². The van der Waals surface area contributed by atoms with Crippen LogP contribution in [0.25, 0.3) is 11.6 Å². The highest BCUT2D eigenvalue weighted by Crippen LogP contribution is 2.34. The lowest BCUT2D eigenvalue weighted by Crippen LogP contribution is -2.41. The number of aryl methyl sites for hydroxylation is 1. The van der Waals surface area contributed by atoms with E-state index in [9.17, 15) is 18.8 Å². The number of fused-ring (bicyclic) bond motifs is 1. The van der Waals surface area contributed by atoms with E-state index in [-0.39, 0.29) is 30.3 Å². The minimum Gasteiger partial charge on any atom is -0.358 e. The van der Waals surface area contributed by atoms with Crippen LogP contribution in [0.15, 0.2) is 48.5 Å². The van der Waals surface area contributed by atoms with Gasteiger partial charge in [-0.25, -0.2) is 4.39 Å². The fraction of sp³-hybridized carbons (Fsp3) is 0.276. The molecular weight excluding hydrogens is 485 g/mol. The Balaban J connectivity index is 1.21. The molecule has 5 rings (SSSR count). The van der Waals surface area contributed by atoms with Crippen LogP contribution in [0.4, 0.5) is 10.1 Å². The van der Waals surface area contributed by atoms with Gasteiger partial charge < -0.3 is 25.8 Å². The predicted molar refractivity (Wildman–Crippen MR) is 144 cm³/mol. The molecule has 38 heavy (non-hydrogen) atoms. The number of H-pyrrole nitrogens is 1. The van der Waals surface area contributed by atoms with E-state index >= 15 is 0 Å². The smallest absolute Gasteiger partial charge is 0.256 e. The maximum absolute atomic E-state index is 13.8. The van der Waals surface area contributed by atoms with E-state index in [0.717, 1.165) is 5.56 Å². The van der Waals surface area contributed by atoms with Crippen LogP contribution in [-0.4, -0.2) is 53.3 Å². The van der Waals surface area contributed by atoms with E-state index in [1.165, 1.54) is 18.2 Å². The fourth-order valence-corrected chi connectivity index (χ4v) is 5.09. The standard InChI is InChI=1S/C29H30FN5O3/c1-17-25(13-23-22-12-20(30)8-9-24(22)34-28(23)37)32-18(2)27(17)29(38)33-21-10-11-35(16-21)26(36)15-31-14-19-6-4-3-5-7-19/h3-9,12-13,21,31-32H,10-11,14-16H2,1-2H3,(H,33,38)(H,34,37)/b23-13-/t21-/m0/s1. The van der Waals surface area contributed by atoms with E-state index in [2.05, 4.69) is 20.9 Å². The Morgan fingerprint density at radius 1 is 1.16 bits per heavy atom. The number of rotatable bonds is 7. The Kier molecular flexibility index (Phi) is 7.11. The molecule has 1 saturated heterocycles. The summed E-state index contributed by atoms with van der Waals surface area (Å²) in [7, 11) is 0. The molecule has 3 heterocycles. The minimum absolute atomic E-state index is 0.00662. The van der Waals surface area contributed by atoms with Crippen LogP contribution in [0.5, 0.6) is 0 Å². The summed E-state index contributed by atoms with van der Waals surface area (Å²) in [5.41, 5.74) is 4.97. The van der Waals surface area contributed by atoms with Crippen LogP contribution in [0.1, 0.15) is 44.9 Å². The Labute approximate surface area is 220 Å². The minimum atomic E-state index is -0.429. The Morgan fingerprint density at radius 3 is 2.74 bits per heavy atom. The summed E-state index contributed by atoms with van der Waals surface area (Å²) in [4.78, 5) is 43.3. The number of hydrogen-bond donors (Lipinski definition) is 4. The molecular formula is C29H30FN5O3. The lowest BCUT2D eigenvalue weighted by atomic mass is 10.0. The molecule has 0 spiro atoms. The molecule has 3 aromatic rings. The third-order valence-corrected chi connectivity index (χ3v) is 7.08. The average Bonchev–Trinajstić information content (AvgIpc) is 3.56. The molecule has 0 radical (unpaired) electrons. The van der Waals surface area contributed by atoms with E-state index in [1.807, 2.05) is 37.3 Å². The van der Waals surface area contributed by atoms with E-state index in [1.54, 1.807) is 17.9 Å². The highest BCUT2D eigenvalue weighted by molar-refractivity contribution is 6.34. The van der Waals surface area contributed by atoms with E-state index in [4.69, 9.17) is 0 Å². The number of anilines is 1.